The van der Waals surface area contributed by atoms with Crippen molar-refractivity contribution in [3.8, 4) is 11.8 Å². The molecule has 104 valence electrons. The second kappa shape index (κ2) is 5.48. The molecule has 0 amide bonds. The Balaban J connectivity index is 2.82. The SMILES string of the molecule is C[C@H](C#N)Cc1ccc(OS(=O)(=O)C(F)(F)F)cc1. The van der Waals surface area contributed by atoms with E-state index >= 15 is 0 Å². The highest BCUT2D eigenvalue weighted by Gasteiger charge is 2.48. The summed E-state index contributed by atoms with van der Waals surface area (Å²) in [6.45, 7) is 1.69. The van der Waals surface area contributed by atoms with Gasteiger partial charge in [0.15, 0.2) is 0 Å². The number of nitrogens with zero attached hydrogens (tertiary/aromatic N) is 1. The third-order valence-electron chi connectivity index (χ3n) is 2.18. The van der Waals surface area contributed by atoms with Crippen LogP contribution < -0.4 is 4.18 Å². The monoisotopic (exact) mass is 293 g/mol. The summed E-state index contributed by atoms with van der Waals surface area (Å²) in [5.74, 6) is -0.670. The van der Waals surface area contributed by atoms with Gasteiger partial charge in [-0.3, -0.25) is 0 Å². The van der Waals surface area contributed by atoms with Crippen molar-refractivity contribution in [3.63, 3.8) is 0 Å². The van der Waals surface area contributed by atoms with E-state index in [-0.39, 0.29) is 5.92 Å². The first-order valence-corrected chi connectivity index (χ1v) is 6.56. The average Bonchev–Trinajstić information content (AvgIpc) is 2.29. The summed E-state index contributed by atoms with van der Waals surface area (Å²) in [5, 5.41) is 8.61. The molecule has 8 heteroatoms. The van der Waals surface area contributed by atoms with Gasteiger partial charge in [0.2, 0.25) is 0 Å². The van der Waals surface area contributed by atoms with Crippen LogP contribution >= 0.6 is 0 Å². The minimum absolute atomic E-state index is 0.245. The molecule has 0 fully saturated rings. The van der Waals surface area contributed by atoms with Crippen LogP contribution in [-0.4, -0.2) is 13.9 Å². The van der Waals surface area contributed by atoms with Gasteiger partial charge in [-0.25, -0.2) is 0 Å². The van der Waals surface area contributed by atoms with E-state index in [0.29, 0.717) is 12.0 Å². The van der Waals surface area contributed by atoms with Gasteiger partial charge in [0.05, 0.1) is 6.07 Å². The summed E-state index contributed by atoms with van der Waals surface area (Å²) in [7, 11) is -5.64. The van der Waals surface area contributed by atoms with Gasteiger partial charge in [-0.15, -0.1) is 0 Å². The fourth-order valence-electron chi connectivity index (χ4n) is 1.25. The molecular weight excluding hydrogens is 283 g/mol. The van der Waals surface area contributed by atoms with Gasteiger partial charge in [0.25, 0.3) is 0 Å². The lowest BCUT2D eigenvalue weighted by Gasteiger charge is -2.10. The van der Waals surface area contributed by atoms with Crippen molar-refractivity contribution >= 4 is 10.1 Å². The maximum atomic E-state index is 12.1. The third kappa shape index (κ3) is 4.13. The quantitative estimate of drug-likeness (QED) is 0.632. The molecular formula is C11H10F3NO3S. The van der Waals surface area contributed by atoms with Gasteiger partial charge >= 0.3 is 15.6 Å². The molecule has 0 aliphatic heterocycles. The molecule has 1 rings (SSSR count). The summed E-state index contributed by atoms with van der Waals surface area (Å²) < 4.78 is 61.6. The van der Waals surface area contributed by atoms with E-state index in [4.69, 9.17) is 5.26 Å². The van der Waals surface area contributed by atoms with E-state index in [9.17, 15) is 21.6 Å². The van der Waals surface area contributed by atoms with Gasteiger partial charge < -0.3 is 4.18 Å². The number of hydrogen-bond donors (Lipinski definition) is 0. The van der Waals surface area contributed by atoms with Gasteiger partial charge in [-0.2, -0.15) is 26.9 Å². The van der Waals surface area contributed by atoms with E-state index in [1.54, 1.807) is 6.92 Å². The lowest BCUT2D eigenvalue weighted by Crippen LogP contribution is -2.28. The van der Waals surface area contributed by atoms with E-state index < -0.39 is 21.4 Å². The van der Waals surface area contributed by atoms with Gasteiger partial charge in [0, 0.05) is 5.92 Å². The van der Waals surface area contributed by atoms with Crippen LogP contribution in [0.3, 0.4) is 0 Å². The van der Waals surface area contributed by atoms with Crippen molar-refractivity contribution in [2.75, 3.05) is 0 Å². The molecule has 0 aliphatic carbocycles. The minimum atomic E-state index is -5.64. The molecule has 1 atom stereocenters. The first-order chi connectivity index (χ1) is 8.65. The molecule has 0 aromatic heterocycles. The number of hydrogen-bond acceptors (Lipinski definition) is 4. The van der Waals surface area contributed by atoms with Crippen molar-refractivity contribution in [1.29, 1.82) is 5.26 Å². The van der Waals surface area contributed by atoms with E-state index in [1.165, 1.54) is 12.1 Å². The van der Waals surface area contributed by atoms with Gasteiger partial charge in [-0.05, 0) is 31.0 Å². The zero-order valence-electron chi connectivity index (χ0n) is 9.81. The normalized spacial score (nSPS) is 13.6. The van der Waals surface area contributed by atoms with Gasteiger partial charge in [-0.1, -0.05) is 12.1 Å². The predicted octanol–water partition coefficient (Wildman–Crippen LogP) is 2.62. The van der Waals surface area contributed by atoms with Crippen LogP contribution in [0, 0.1) is 17.2 Å². The number of nitriles is 1. The molecule has 0 aliphatic rings. The van der Waals surface area contributed by atoms with Crippen molar-refractivity contribution in [1.82, 2.24) is 0 Å². The Labute approximate surface area is 108 Å². The van der Waals surface area contributed by atoms with E-state index in [1.807, 2.05) is 6.07 Å². The first kappa shape index (κ1) is 15.3. The van der Waals surface area contributed by atoms with Crippen LogP contribution in [-0.2, 0) is 16.5 Å². The molecule has 0 heterocycles. The summed E-state index contributed by atoms with van der Waals surface area (Å²) >= 11 is 0. The molecule has 0 unspecified atom stereocenters. The Hall–Kier alpha value is -1.75. The second-order valence-electron chi connectivity index (χ2n) is 3.86. The molecule has 1 aromatic rings. The van der Waals surface area contributed by atoms with Crippen molar-refractivity contribution < 1.29 is 25.8 Å². The summed E-state index contributed by atoms with van der Waals surface area (Å²) in [5.41, 5.74) is -4.76. The highest BCUT2D eigenvalue weighted by Crippen LogP contribution is 2.27. The Morgan fingerprint density at radius 2 is 1.84 bits per heavy atom. The van der Waals surface area contributed by atoms with Crippen LogP contribution in [0.1, 0.15) is 12.5 Å². The molecule has 0 saturated heterocycles. The summed E-state index contributed by atoms with van der Waals surface area (Å²) in [6.07, 6.45) is 0.419. The fraction of sp³-hybridized carbons (Fsp3) is 0.364. The number of rotatable bonds is 4. The van der Waals surface area contributed by atoms with Crippen molar-refractivity contribution in [2.24, 2.45) is 5.92 Å². The molecule has 4 nitrogen and oxygen atoms in total. The highest BCUT2D eigenvalue weighted by atomic mass is 32.2. The Morgan fingerprint density at radius 3 is 2.26 bits per heavy atom. The fourth-order valence-corrected chi connectivity index (χ4v) is 1.71. The zero-order valence-corrected chi connectivity index (χ0v) is 10.6. The smallest absolute Gasteiger partial charge is 0.376 e. The summed E-state index contributed by atoms with van der Waals surface area (Å²) in [4.78, 5) is 0. The second-order valence-corrected chi connectivity index (χ2v) is 5.40. The topological polar surface area (TPSA) is 67.2 Å². The van der Waals surface area contributed by atoms with Crippen LogP contribution in [0.5, 0.6) is 5.75 Å². The minimum Gasteiger partial charge on any atom is -0.376 e. The average molecular weight is 293 g/mol. The van der Waals surface area contributed by atoms with Crippen LogP contribution in [0.2, 0.25) is 0 Å². The lowest BCUT2D eigenvalue weighted by atomic mass is 10.0. The van der Waals surface area contributed by atoms with E-state index in [0.717, 1.165) is 12.1 Å². The Morgan fingerprint density at radius 1 is 1.32 bits per heavy atom. The zero-order chi connectivity index (χ0) is 14.7. The predicted molar refractivity (Wildman–Crippen MR) is 60.5 cm³/mol. The molecule has 1 aromatic carbocycles. The number of alkyl halides is 3. The molecule has 0 N–H and O–H groups in total. The van der Waals surface area contributed by atoms with Gasteiger partial charge in [0.1, 0.15) is 5.75 Å². The van der Waals surface area contributed by atoms with Crippen molar-refractivity contribution in [2.45, 2.75) is 18.9 Å². The number of benzene rings is 1. The van der Waals surface area contributed by atoms with Crippen molar-refractivity contribution in [3.05, 3.63) is 29.8 Å². The summed E-state index contributed by atoms with van der Waals surface area (Å²) in [6, 6.07) is 7.06. The largest absolute Gasteiger partial charge is 0.534 e. The number of halogens is 3. The van der Waals surface area contributed by atoms with Crippen LogP contribution in [0.25, 0.3) is 0 Å². The maximum Gasteiger partial charge on any atom is 0.534 e. The Bertz CT molecular complexity index is 573. The maximum absolute atomic E-state index is 12.1. The van der Waals surface area contributed by atoms with Crippen LogP contribution in [0.15, 0.2) is 24.3 Å². The first-order valence-electron chi connectivity index (χ1n) is 5.15. The molecule has 0 spiro atoms. The standard InChI is InChI=1S/C11H10F3NO3S/c1-8(7-15)6-9-2-4-10(5-3-9)18-19(16,17)11(12,13)14/h2-5,8H,6H2,1H3/t8-/m0/s1. The molecule has 0 saturated carbocycles. The van der Waals surface area contributed by atoms with E-state index in [2.05, 4.69) is 4.18 Å². The third-order valence-corrected chi connectivity index (χ3v) is 3.15. The molecule has 0 radical (unpaired) electrons. The molecule has 19 heavy (non-hydrogen) atoms. The lowest BCUT2D eigenvalue weighted by molar-refractivity contribution is -0.0500. The molecule has 0 bridgehead atoms. The Kier molecular flexibility index (Phi) is 4.42. The van der Waals surface area contributed by atoms with Crippen LogP contribution in [0.4, 0.5) is 13.2 Å². The highest BCUT2D eigenvalue weighted by molar-refractivity contribution is 7.87.